The summed E-state index contributed by atoms with van der Waals surface area (Å²) in [6, 6.07) is 9.60. The lowest BCUT2D eigenvalue weighted by Gasteiger charge is -2.06. The van der Waals surface area contributed by atoms with Crippen molar-refractivity contribution in [2.75, 3.05) is 0 Å². The monoisotopic (exact) mass is 259 g/mol. The van der Waals surface area contributed by atoms with Crippen LogP contribution in [0.4, 0.5) is 0 Å². The van der Waals surface area contributed by atoms with Gasteiger partial charge >= 0.3 is 5.97 Å². The number of rotatable bonds is 5. The van der Waals surface area contributed by atoms with Crippen LogP contribution < -0.4 is 11.4 Å². The Morgan fingerprint density at radius 2 is 2.32 bits per heavy atom. The predicted molar refractivity (Wildman–Crippen MR) is 67.1 cm³/mol. The summed E-state index contributed by atoms with van der Waals surface area (Å²) in [5, 5.41) is 8.81. The highest BCUT2D eigenvalue weighted by molar-refractivity contribution is 5.76. The van der Waals surface area contributed by atoms with Gasteiger partial charge in [0.15, 0.2) is 0 Å². The highest BCUT2D eigenvalue weighted by Crippen LogP contribution is 2.16. The standard InChI is InChI=1S/C12H13N5O2/c13-7-5-11-15-9-3-1-2-4-10(9)17(11)8-6-12(18)19-16-14/h1-4,16H,5-6,8,14H2. The molecule has 0 bridgehead atoms. The number of aryl methyl sites for hydroxylation is 1. The van der Waals surface area contributed by atoms with Crippen molar-refractivity contribution in [1.29, 1.82) is 5.26 Å². The number of hydrogen-bond donors (Lipinski definition) is 2. The van der Waals surface area contributed by atoms with E-state index in [1.54, 1.807) is 0 Å². The molecule has 0 aliphatic heterocycles. The number of carbonyl (C=O) groups excluding carboxylic acids is 1. The molecule has 19 heavy (non-hydrogen) atoms. The lowest BCUT2D eigenvalue weighted by atomic mass is 10.3. The summed E-state index contributed by atoms with van der Waals surface area (Å²) in [5.74, 6) is 5.06. The molecule has 98 valence electrons. The van der Waals surface area contributed by atoms with Crippen LogP contribution in [0.25, 0.3) is 11.0 Å². The highest BCUT2D eigenvalue weighted by Gasteiger charge is 2.11. The smallest absolute Gasteiger partial charge is 0.328 e. The predicted octanol–water partition coefficient (Wildman–Crippen LogP) is 0.414. The Morgan fingerprint density at radius 1 is 1.53 bits per heavy atom. The Kier molecular flexibility index (Phi) is 4.07. The van der Waals surface area contributed by atoms with E-state index in [1.807, 2.05) is 34.4 Å². The fourth-order valence-corrected chi connectivity index (χ4v) is 1.90. The third-order valence-electron chi connectivity index (χ3n) is 2.68. The van der Waals surface area contributed by atoms with Crippen LogP contribution in [0.1, 0.15) is 12.2 Å². The molecule has 1 aromatic carbocycles. The van der Waals surface area contributed by atoms with Gasteiger partial charge in [0.2, 0.25) is 0 Å². The molecular formula is C12H13N5O2. The van der Waals surface area contributed by atoms with E-state index in [1.165, 1.54) is 0 Å². The van der Waals surface area contributed by atoms with E-state index in [2.05, 4.69) is 15.9 Å². The number of benzene rings is 1. The van der Waals surface area contributed by atoms with Crippen LogP contribution in [0.15, 0.2) is 24.3 Å². The number of nitriles is 1. The molecule has 0 aliphatic rings. The molecule has 0 saturated heterocycles. The highest BCUT2D eigenvalue weighted by atomic mass is 16.7. The molecule has 0 unspecified atom stereocenters. The molecule has 0 aliphatic carbocycles. The van der Waals surface area contributed by atoms with E-state index in [0.717, 1.165) is 11.0 Å². The minimum absolute atomic E-state index is 0.142. The van der Waals surface area contributed by atoms with Gasteiger partial charge in [-0.15, -0.1) is 0 Å². The van der Waals surface area contributed by atoms with Crippen molar-refractivity contribution in [3.05, 3.63) is 30.1 Å². The number of hydrazine groups is 1. The Labute approximate surface area is 109 Å². The molecule has 7 nitrogen and oxygen atoms in total. The second-order valence-electron chi connectivity index (χ2n) is 3.85. The van der Waals surface area contributed by atoms with Crippen LogP contribution in [-0.2, 0) is 22.6 Å². The van der Waals surface area contributed by atoms with Gasteiger partial charge < -0.3 is 9.40 Å². The first-order chi connectivity index (χ1) is 9.26. The minimum atomic E-state index is -0.469. The van der Waals surface area contributed by atoms with E-state index in [0.29, 0.717) is 12.4 Å². The van der Waals surface area contributed by atoms with E-state index in [-0.39, 0.29) is 12.8 Å². The normalized spacial score (nSPS) is 10.3. The second-order valence-corrected chi connectivity index (χ2v) is 3.85. The number of nitrogens with two attached hydrogens (primary N) is 1. The largest absolute Gasteiger partial charge is 0.356 e. The fourth-order valence-electron chi connectivity index (χ4n) is 1.90. The van der Waals surface area contributed by atoms with Crippen molar-refractivity contribution in [2.45, 2.75) is 19.4 Å². The molecule has 2 aromatic rings. The molecule has 0 fully saturated rings. The lowest BCUT2D eigenvalue weighted by Crippen LogP contribution is -2.26. The summed E-state index contributed by atoms with van der Waals surface area (Å²) in [6.45, 7) is 0.387. The van der Waals surface area contributed by atoms with E-state index in [4.69, 9.17) is 11.1 Å². The van der Waals surface area contributed by atoms with Gasteiger partial charge in [-0.25, -0.2) is 10.8 Å². The van der Waals surface area contributed by atoms with Crippen molar-refractivity contribution in [3.8, 4) is 6.07 Å². The number of imidazole rings is 1. The van der Waals surface area contributed by atoms with E-state index in [9.17, 15) is 4.79 Å². The van der Waals surface area contributed by atoms with Crippen LogP contribution in [0.2, 0.25) is 0 Å². The second kappa shape index (κ2) is 5.95. The molecule has 7 heteroatoms. The summed E-state index contributed by atoms with van der Waals surface area (Å²) in [4.78, 5) is 20.1. The zero-order valence-corrected chi connectivity index (χ0v) is 10.2. The Balaban J connectivity index is 2.26. The van der Waals surface area contributed by atoms with Gasteiger partial charge in [0, 0.05) is 6.54 Å². The number of aromatic nitrogens is 2. The maximum Gasteiger partial charge on any atom is 0.328 e. The third kappa shape index (κ3) is 2.88. The zero-order chi connectivity index (χ0) is 13.7. The first-order valence-electron chi connectivity index (χ1n) is 5.72. The van der Waals surface area contributed by atoms with Crippen LogP contribution >= 0.6 is 0 Å². The number of fused-ring (bicyclic) bond motifs is 1. The average Bonchev–Trinajstić information content (AvgIpc) is 2.75. The summed E-state index contributed by atoms with van der Waals surface area (Å²) in [7, 11) is 0. The van der Waals surface area contributed by atoms with Crippen LogP contribution in [0.5, 0.6) is 0 Å². The minimum Gasteiger partial charge on any atom is -0.356 e. The Morgan fingerprint density at radius 3 is 3.05 bits per heavy atom. The quantitative estimate of drug-likeness (QED) is 0.595. The molecule has 0 radical (unpaired) electrons. The van der Waals surface area contributed by atoms with Crippen molar-refractivity contribution >= 4 is 17.0 Å². The molecule has 1 aromatic heterocycles. The summed E-state index contributed by atoms with van der Waals surface area (Å²) in [6.07, 6.45) is 0.335. The van der Waals surface area contributed by atoms with Crippen LogP contribution in [0.3, 0.4) is 0 Å². The number of carbonyl (C=O) groups is 1. The first-order valence-corrected chi connectivity index (χ1v) is 5.72. The summed E-state index contributed by atoms with van der Waals surface area (Å²) >= 11 is 0. The van der Waals surface area contributed by atoms with Gasteiger partial charge in [-0.05, 0) is 12.1 Å². The summed E-state index contributed by atoms with van der Waals surface area (Å²) in [5.41, 5.74) is 3.54. The van der Waals surface area contributed by atoms with Crippen molar-refractivity contribution in [1.82, 2.24) is 15.1 Å². The Hall–Kier alpha value is -2.43. The van der Waals surface area contributed by atoms with Crippen molar-refractivity contribution in [2.24, 2.45) is 5.84 Å². The van der Waals surface area contributed by atoms with Gasteiger partial charge in [-0.2, -0.15) is 5.26 Å². The average molecular weight is 259 g/mol. The molecule has 0 amide bonds. The SMILES string of the molecule is N#CCc1nc2ccccc2n1CCC(=O)ONN. The van der Waals surface area contributed by atoms with Crippen molar-refractivity contribution in [3.63, 3.8) is 0 Å². The number of nitrogens with one attached hydrogen (secondary N) is 1. The molecule has 1 heterocycles. The molecule has 0 saturated carbocycles. The van der Waals surface area contributed by atoms with E-state index >= 15 is 0 Å². The van der Waals surface area contributed by atoms with Crippen LogP contribution in [0, 0.1) is 11.3 Å². The fraction of sp³-hybridized carbons (Fsp3) is 0.250. The zero-order valence-electron chi connectivity index (χ0n) is 10.2. The Bertz CT molecular complexity index is 629. The van der Waals surface area contributed by atoms with Crippen molar-refractivity contribution < 1.29 is 9.63 Å². The van der Waals surface area contributed by atoms with Gasteiger partial charge in [0.1, 0.15) is 5.82 Å². The number of nitrogens with zero attached hydrogens (tertiary/aromatic N) is 3. The third-order valence-corrected chi connectivity index (χ3v) is 2.68. The molecule has 2 rings (SSSR count). The maximum atomic E-state index is 11.3. The topological polar surface area (TPSA) is 106 Å². The van der Waals surface area contributed by atoms with E-state index < -0.39 is 5.97 Å². The first kappa shape index (κ1) is 13.0. The lowest BCUT2D eigenvalue weighted by molar-refractivity contribution is -0.151. The molecule has 3 N–H and O–H groups in total. The molecule has 0 spiro atoms. The van der Waals surface area contributed by atoms with Gasteiger partial charge in [-0.1, -0.05) is 17.7 Å². The number of hydrogen-bond acceptors (Lipinski definition) is 6. The van der Waals surface area contributed by atoms with Gasteiger partial charge in [0.25, 0.3) is 0 Å². The number of para-hydroxylation sites is 2. The van der Waals surface area contributed by atoms with Gasteiger partial charge in [-0.3, -0.25) is 4.79 Å². The summed E-state index contributed by atoms with van der Waals surface area (Å²) < 4.78 is 1.84. The molecule has 0 atom stereocenters. The maximum absolute atomic E-state index is 11.3. The van der Waals surface area contributed by atoms with Crippen LogP contribution in [-0.4, -0.2) is 15.5 Å². The molecular weight excluding hydrogens is 246 g/mol. The van der Waals surface area contributed by atoms with Gasteiger partial charge in [0.05, 0.1) is 29.9 Å².